The van der Waals surface area contributed by atoms with Crippen LogP contribution in [0.2, 0.25) is 0 Å². The second-order valence-electron chi connectivity index (χ2n) is 5.23. The number of carbonyl (C=O) groups is 1. The number of hydrogen-bond acceptors (Lipinski definition) is 5. The monoisotopic (exact) mass is 331 g/mol. The lowest BCUT2D eigenvalue weighted by atomic mass is 10.3. The van der Waals surface area contributed by atoms with Gasteiger partial charge in [0, 0.05) is 30.4 Å². The highest BCUT2D eigenvalue weighted by Gasteiger charge is 2.06. The Bertz CT molecular complexity index is 690. The Labute approximate surface area is 140 Å². The molecule has 7 heteroatoms. The van der Waals surface area contributed by atoms with Crippen molar-refractivity contribution in [2.45, 2.75) is 18.4 Å². The van der Waals surface area contributed by atoms with Crippen molar-refractivity contribution in [3.8, 4) is 0 Å². The number of hydrogen-bond donors (Lipinski definition) is 2. The Morgan fingerprint density at radius 2 is 2.04 bits per heavy atom. The van der Waals surface area contributed by atoms with E-state index in [0.29, 0.717) is 12.5 Å². The predicted molar refractivity (Wildman–Crippen MR) is 95.2 cm³/mol. The number of anilines is 2. The fourth-order valence-corrected chi connectivity index (χ4v) is 2.41. The lowest BCUT2D eigenvalue weighted by Gasteiger charge is -2.13. The fraction of sp³-hybridized carbons (Fsp3) is 0.312. The highest BCUT2D eigenvalue weighted by Crippen LogP contribution is 2.18. The quantitative estimate of drug-likeness (QED) is 0.825. The molecule has 1 aromatic heterocycles. The molecular formula is C16H21N5OS. The first-order valence-corrected chi connectivity index (χ1v) is 8.41. The van der Waals surface area contributed by atoms with Crippen molar-refractivity contribution in [2.24, 2.45) is 0 Å². The molecule has 0 saturated heterocycles. The van der Waals surface area contributed by atoms with Gasteiger partial charge in [0.05, 0.1) is 12.2 Å². The molecule has 0 saturated carbocycles. The van der Waals surface area contributed by atoms with Gasteiger partial charge in [0.15, 0.2) is 0 Å². The van der Waals surface area contributed by atoms with Crippen LogP contribution in [0.5, 0.6) is 0 Å². The number of rotatable bonds is 5. The van der Waals surface area contributed by atoms with Crippen molar-refractivity contribution in [1.29, 1.82) is 0 Å². The maximum atomic E-state index is 12.0. The predicted octanol–water partition coefficient (Wildman–Crippen LogP) is 2.89. The molecule has 2 rings (SSSR count). The van der Waals surface area contributed by atoms with E-state index >= 15 is 0 Å². The molecule has 0 aliphatic heterocycles. The van der Waals surface area contributed by atoms with Crippen molar-refractivity contribution in [3.63, 3.8) is 0 Å². The molecule has 2 aromatic rings. The molecule has 23 heavy (non-hydrogen) atoms. The fourth-order valence-electron chi connectivity index (χ4n) is 1.95. The summed E-state index contributed by atoms with van der Waals surface area (Å²) in [6, 6.07) is 9.31. The second-order valence-corrected chi connectivity index (χ2v) is 6.11. The van der Waals surface area contributed by atoms with Crippen molar-refractivity contribution < 1.29 is 4.79 Å². The third kappa shape index (κ3) is 5.14. The van der Waals surface area contributed by atoms with Gasteiger partial charge in [-0.15, -0.1) is 11.8 Å². The van der Waals surface area contributed by atoms with Gasteiger partial charge >= 0.3 is 6.03 Å². The number of aromatic nitrogens is 2. The number of benzene rings is 1. The zero-order valence-electron chi connectivity index (χ0n) is 13.8. The second kappa shape index (κ2) is 7.82. The summed E-state index contributed by atoms with van der Waals surface area (Å²) in [4.78, 5) is 23.7. The van der Waals surface area contributed by atoms with Crippen molar-refractivity contribution in [2.75, 3.05) is 30.6 Å². The smallest absolute Gasteiger partial charge is 0.319 e. The molecule has 0 bridgehead atoms. The number of nitrogens with zero attached hydrogens (tertiary/aromatic N) is 3. The maximum Gasteiger partial charge on any atom is 0.319 e. The molecule has 0 spiro atoms. The van der Waals surface area contributed by atoms with E-state index in [1.165, 1.54) is 0 Å². The van der Waals surface area contributed by atoms with Crippen molar-refractivity contribution in [1.82, 2.24) is 15.3 Å². The number of urea groups is 1. The zero-order chi connectivity index (χ0) is 16.8. The third-order valence-corrected chi connectivity index (χ3v) is 3.78. The summed E-state index contributed by atoms with van der Waals surface area (Å²) in [6.45, 7) is 2.25. The highest BCUT2D eigenvalue weighted by atomic mass is 32.2. The topological polar surface area (TPSA) is 70.2 Å². The maximum absolute atomic E-state index is 12.0. The van der Waals surface area contributed by atoms with Gasteiger partial charge < -0.3 is 15.5 Å². The van der Waals surface area contributed by atoms with Crippen LogP contribution in [-0.2, 0) is 6.54 Å². The van der Waals surface area contributed by atoms with Crippen LogP contribution in [-0.4, -0.2) is 36.4 Å². The summed E-state index contributed by atoms with van der Waals surface area (Å²) in [5, 5.41) is 5.63. The van der Waals surface area contributed by atoms with Crippen LogP contribution in [0.3, 0.4) is 0 Å². The van der Waals surface area contributed by atoms with Gasteiger partial charge in [0.1, 0.15) is 0 Å². The number of aryl methyl sites for hydroxylation is 1. The summed E-state index contributed by atoms with van der Waals surface area (Å²) in [5.41, 5.74) is 2.41. The minimum absolute atomic E-state index is 0.258. The van der Waals surface area contributed by atoms with Gasteiger partial charge in [-0.1, -0.05) is 6.07 Å². The number of thioether (sulfide) groups is 1. The van der Waals surface area contributed by atoms with Gasteiger partial charge in [-0.2, -0.15) is 0 Å². The lowest BCUT2D eigenvalue weighted by molar-refractivity contribution is 0.251. The largest absolute Gasteiger partial charge is 0.347 e. The van der Waals surface area contributed by atoms with E-state index in [9.17, 15) is 4.79 Å². The van der Waals surface area contributed by atoms with Crippen molar-refractivity contribution >= 4 is 29.4 Å². The first kappa shape index (κ1) is 17.1. The van der Waals surface area contributed by atoms with E-state index in [1.807, 2.05) is 62.5 Å². The Morgan fingerprint density at radius 3 is 2.74 bits per heavy atom. The number of carbonyl (C=O) groups excluding carboxylic acids is 1. The van der Waals surface area contributed by atoms with Gasteiger partial charge in [-0.05, 0) is 37.4 Å². The van der Waals surface area contributed by atoms with E-state index in [-0.39, 0.29) is 6.03 Å². The average Bonchev–Trinajstić information content (AvgIpc) is 2.52. The average molecular weight is 331 g/mol. The van der Waals surface area contributed by atoms with Crippen LogP contribution in [0.4, 0.5) is 16.4 Å². The van der Waals surface area contributed by atoms with Crippen LogP contribution in [0, 0.1) is 6.92 Å². The molecule has 0 aliphatic carbocycles. The van der Waals surface area contributed by atoms with E-state index < -0.39 is 0 Å². The van der Waals surface area contributed by atoms with Gasteiger partial charge in [-0.25, -0.2) is 14.8 Å². The Kier molecular flexibility index (Phi) is 5.81. The van der Waals surface area contributed by atoms with E-state index in [2.05, 4.69) is 20.6 Å². The molecule has 0 fully saturated rings. The Balaban J connectivity index is 1.96. The van der Waals surface area contributed by atoms with Gasteiger partial charge in [0.2, 0.25) is 5.95 Å². The third-order valence-electron chi connectivity index (χ3n) is 3.05. The molecule has 6 nitrogen and oxygen atoms in total. The van der Waals surface area contributed by atoms with E-state index in [4.69, 9.17) is 0 Å². The Hall–Kier alpha value is -2.28. The molecule has 0 radical (unpaired) electrons. The summed E-state index contributed by atoms with van der Waals surface area (Å²) < 4.78 is 0. The molecule has 2 N–H and O–H groups in total. The standard InChI is InChI=1S/C16H21N5OS/c1-11-8-13(19-15(18-11)21(2)3)10-17-16(22)20-12-6-5-7-14(9-12)23-4/h5-9H,10H2,1-4H3,(H2,17,20,22). The minimum Gasteiger partial charge on any atom is -0.347 e. The SMILES string of the molecule is CSc1cccc(NC(=O)NCc2cc(C)nc(N(C)C)n2)c1. The zero-order valence-corrected chi connectivity index (χ0v) is 14.6. The normalized spacial score (nSPS) is 10.3. The van der Waals surface area contributed by atoms with Crippen molar-refractivity contribution in [3.05, 3.63) is 41.7 Å². The summed E-state index contributed by atoms with van der Waals surface area (Å²) in [6.07, 6.45) is 2.00. The number of amides is 2. The molecule has 0 aliphatic rings. The molecule has 0 unspecified atom stereocenters. The number of nitrogens with one attached hydrogen (secondary N) is 2. The van der Waals surface area contributed by atoms with Gasteiger partial charge in [-0.3, -0.25) is 0 Å². The van der Waals surface area contributed by atoms with Crippen LogP contribution in [0.25, 0.3) is 0 Å². The molecular weight excluding hydrogens is 310 g/mol. The lowest BCUT2D eigenvalue weighted by Crippen LogP contribution is -2.29. The summed E-state index contributed by atoms with van der Waals surface area (Å²) in [5.74, 6) is 0.634. The van der Waals surface area contributed by atoms with E-state index in [1.54, 1.807) is 11.8 Å². The molecule has 1 aromatic carbocycles. The van der Waals surface area contributed by atoms with Crippen LogP contribution < -0.4 is 15.5 Å². The summed E-state index contributed by atoms with van der Waals surface area (Å²) in [7, 11) is 3.77. The first-order valence-electron chi connectivity index (χ1n) is 7.18. The molecule has 2 amide bonds. The minimum atomic E-state index is -0.258. The molecule has 122 valence electrons. The van der Waals surface area contributed by atoms with E-state index in [0.717, 1.165) is 22.0 Å². The summed E-state index contributed by atoms with van der Waals surface area (Å²) >= 11 is 1.63. The Morgan fingerprint density at radius 1 is 1.26 bits per heavy atom. The van der Waals surface area contributed by atoms with Crippen LogP contribution in [0.1, 0.15) is 11.4 Å². The first-order chi connectivity index (χ1) is 11.0. The highest BCUT2D eigenvalue weighted by molar-refractivity contribution is 7.98. The van der Waals surface area contributed by atoms with Gasteiger partial charge in [0.25, 0.3) is 0 Å². The molecule has 0 atom stereocenters. The van der Waals surface area contributed by atoms with Crippen LogP contribution >= 0.6 is 11.8 Å². The van der Waals surface area contributed by atoms with Crippen LogP contribution in [0.15, 0.2) is 35.2 Å². The molecule has 1 heterocycles.